The third-order valence-electron chi connectivity index (χ3n) is 4.73. The van der Waals surface area contributed by atoms with Crippen molar-refractivity contribution in [2.24, 2.45) is 5.92 Å². The van der Waals surface area contributed by atoms with Gasteiger partial charge in [-0.25, -0.2) is 12.8 Å². The number of halogens is 1. The first-order chi connectivity index (χ1) is 14.7. The lowest BCUT2D eigenvalue weighted by molar-refractivity contribution is 0.0952. The SMILES string of the molecule is CC(C)CCNC(=O)c1ccc(NS(=O)(=O)c2ccc(-c3cccc(F)c3)cc2)cc1. The molecule has 0 fully saturated rings. The highest BCUT2D eigenvalue weighted by Crippen LogP contribution is 2.23. The zero-order valence-corrected chi connectivity index (χ0v) is 18.2. The minimum absolute atomic E-state index is 0.0863. The summed E-state index contributed by atoms with van der Waals surface area (Å²) in [7, 11) is -3.80. The Morgan fingerprint density at radius 1 is 0.935 bits per heavy atom. The van der Waals surface area contributed by atoms with Gasteiger partial charge in [-0.15, -0.1) is 0 Å². The fraction of sp³-hybridized carbons (Fsp3) is 0.208. The van der Waals surface area contributed by atoms with Crippen molar-refractivity contribution in [3.05, 3.63) is 84.2 Å². The molecule has 162 valence electrons. The van der Waals surface area contributed by atoms with E-state index in [1.165, 1.54) is 24.3 Å². The Kier molecular flexibility index (Phi) is 7.07. The van der Waals surface area contributed by atoms with Crippen LogP contribution < -0.4 is 10.0 Å². The van der Waals surface area contributed by atoms with E-state index in [9.17, 15) is 17.6 Å². The van der Waals surface area contributed by atoms with Crippen LogP contribution in [0.1, 0.15) is 30.6 Å². The van der Waals surface area contributed by atoms with Crippen LogP contribution in [0.5, 0.6) is 0 Å². The van der Waals surface area contributed by atoms with Crippen molar-refractivity contribution < 1.29 is 17.6 Å². The van der Waals surface area contributed by atoms with E-state index in [4.69, 9.17) is 0 Å². The molecule has 0 aromatic heterocycles. The monoisotopic (exact) mass is 440 g/mol. The summed E-state index contributed by atoms with van der Waals surface area (Å²) >= 11 is 0. The minimum atomic E-state index is -3.80. The van der Waals surface area contributed by atoms with Gasteiger partial charge in [-0.3, -0.25) is 9.52 Å². The predicted octanol–water partition coefficient (Wildman–Crippen LogP) is 5.07. The molecule has 3 rings (SSSR count). The summed E-state index contributed by atoms with van der Waals surface area (Å²) < 4.78 is 41.3. The number of anilines is 1. The molecule has 2 N–H and O–H groups in total. The van der Waals surface area contributed by atoms with Crippen molar-refractivity contribution in [1.82, 2.24) is 5.32 Å². The molecular formula is C24H25FN2O3S. The quantitative estimate of drug-likeness (QED) is 0.514. The third kappa shape index (κ3) is 6.15. The molecule has 31 heavy (non-hydrogen) atoms. The topological polar surface area (TPSA) is 75.3 Å². The first-order valence-corrected chi connectivity index (χ1v) is 11.5. The van der Waals surface area contributed by atoms with Crippen molar-refractivity contribution in [3.63, 3.8) is 0 Å². The smallest absolute Gasteiger partial charge is 0.261 e. The van der Waals surface area contributed by atoms with E-state index in [1.807, 2.05) is 0 Å². The van der Waals surface area contributed by atoms with Gasteiger partial charge in [0.25, 0.3) is 15.9 Å². The molecule has 0 aliphatic heterocycles. The van der Waals surface area contributed by atoms with E-state index in [-0.39, 0.29) is 16.6 Å². The molecule has 0 unspecified atom stereocenters. The van der Waals surface area contributed by atoms with Gasteiger partial charge >= 0.3 is 0 Å². The van der Waals surface area contributed by atoms with Crippen LogP contribution in [0.25, 0.3) is 11.1 Å². The van der Waals surface area contributed by atoms with Crippen molar-refractivity contribution in [2.75, 3.05) is 11.3 Å². The second kappa shape index (κ2) is 9.75. The van der Waals surface area contributed by atoms with Gasteiger partial charge in [0.05, 0.1) is 4.90 Å². The van der Waals surface area contributed by atoms with E-state index in [1.54, 1.807) is 48.5 Å². The number of carbonyl (C=O) groups excluding carboxylic acids is 1. The fourth-order valence-corrected chi connectivity index (χ4v) is 4.03. The second-order valence-electron chi connectivity index (χ2n) is 7.66. The highest BCUT2D eigenvalue weighted by Gasteiger charge is 2.15. The lowest BCUT2D eigenvalue weighted by Gasteiger charge is -2.10. The van der Waals surface area contributed by atoms with Crippen LogP contribution in [-0.2, 0) is 10.0 Å². The molecule has 0 bridgehead atoms. The van der Waals surface area contributed by atoms with E-state index in [0.717, 1.165) is 6.42 Å². The Morgan fingerprint density at radius 2 is 1.61 bits per heavy atom. The van der Waals surface area contributed by atoms with Crippen LogP contribution >= 0.6 is 0 Å². The van der Waals surface area contributed by atoms with Crippen LogP contribution in [0.3, 0.4) is 0 Å². The molecule has 7 heteroatoms. The van der Waals surface area contributed by atoms with Gasteiger partial charge in [0.2, 0.25) is 0 Å². The van der Waals surface area contributed by atoms with Crippen LogP contribution in [0.2, 0.25) is 0 Å². The highest BCUT2D eigenvalue weighted by atomic mass is 32.2. The Hall–Kier alpha value is -3.19. The lowest BCUT2D eigenvalue weighted by Crippen LogP contribution is -2.25. The predicted molar refractivity (Wildman–Crippen MR) is 121 cm³/mol. The summed E-state index contributed by atoms with van der Waals surface area (Å²) in [5.74, 6) is -0.0454. The Balaban J connectivity index is 1.67. The summed E-state index contributed by atoms with van der Waals surface area (Å²) in [5, 5.41) is 2.84. The molecule has 3 aromatic rings. The standard InChI is InChI=1S/C24H25FN2O3S/c1-17(2)14-15-26-24(28)19-6-10-22(11-7-19)27-31(29,30)23-12-8-18(9-13-23)20-4-3-5-21(25)16-20/h3-13,16-17,27H,14-15H2,1-2H3,(H,26,28). The van der Waals surface area contributed by atoms with E-state index >= 15 is 0 Å². The van der Waals surface area contributed by atoms with E-state index in [0.29, 0.717) is 34.8 Å². The number of hydrogen-bond acceptors (Lipinski definition) is 3. The molecular weight excluding hydrogens is 415 g/mol. The molecule has 3 aromatic carbocycles. The summed E-state index contributed by atoms with van der Waals surface area (Å²) in [6.07, 6.45) is 0.891. The second-order valence-corrected chi connectivity index (χ2v) is 9.34. The number of amides is 1. The van der Waals surface area contributed by atoms with Gasteiger partial charge in [-0.2, -0.15) is 0 Å². The Labute approximate surface area is 182 Å². The van der Waals surface area contributed by atoms with Crippen LogP contribution in [0.15, 0.2) is 77.7 Å². The van der Waals surface area contributed by atoms with Crippen molar-refractivity contribution in [1.29, 1.82) is 0 Å². The average molecular weight is 441 g/mol. The Morgan fingerprint density at radius 3 is 2.23 bits per heavy atom. The highest BCUT2D eigenvalue weighted by molar-refractivity contribution is 7.92. The van der Waals surface area contributed by atoms with Crippen molar-refractivity contribution >= 4 is 21.6 Å². The fourth-order valence-electron chi connectivity index (χ4n) is 2.97. The van der Waals surface area contributed by atoms with Gasteiger partial charge in [-0.05, 0) is 72.0 Å². The normalized spacial score (nSPS) is 11.4. The minimum Gasteiger partial charge on any atom is -0.352 e. The number of hydrogen-bond donors (Lipinski definition) is 2. The largest absolute Gasteiger partial charge is 0.352 e. The zero-order chi connectivity index (χ0) is 22.4. The molecule has 0 aliphatic carbocycles. The van der Waals surface area contributed by atoms with Gasteiger partial charge < -0.3 is 5.32 Å². The summed E-state index contributed by atoms with van der Waals surface area (Å²) in [4.78, 5) is 12.2. The summed E-state index contributed by atoms with van der Waals surface area (Å²) in [6, 6.07) is 18.6. The maximum atomic E-state index is 13.4. The van der Waals surface area contributed by atoms with Crippen LogP contribution in [0.4, 0.5) is 10.1 Å². The number of rotatable bonds is 8. The summed E-state index contributed by atoms with van der Waals surface area (Å²) in [6.45, 7) is 4.76. The average Bonchev–Trinajstić information content (AvgIpc) is 2.74. The van der Waals surface area contributed by atoms with Gasteiger partial charge in [0.15, 0.2) is 0 Å². The number of sulfonamides is 1. The van der Waals surface area contributed by atoms with Crippen molar-refractivity contribution in [3.8, 4) is 11.1 Å². The number of carbonyl (C=O) groups is 1. The zero-order valence-electron chi connectivity index (χ0n) is 17.4. The molecule has 0 spiro atoms. The van der Waals surface area contributed by atoms with Gasteiger partial charge in [0.1, 0.15) is 5.82 Å². The molecule has 0 saturated heterocycles. The first-order valence-electron chi connectivity index (χ1n) is 10.0. The Bertz CT molecular complexity index is 1140. The van der Waals surface area contributed by atoms with E-state index in [2.05, 4.69) is 23.9 Å². The molecule has 1 amide bonds. The van der Waals surface area contributed by atoms with Gasteiger partial charge in [-0.1, -0.05) is 38.1 Å². The molecule has 0 heterocycles. The molecule has 0 aliphatic rings. The maximum absolute atomic E-state index is 13.4. The number of benzene rings is 3. The van der Waals surface area contributed by atoms with Gasteiger partial charge in [0, 0.05) is 17.8 Å². The first kappa shape index (κ1) is 22.5. The number of nitrogens with one attached hydrogen (secondary N) is 2. The molecule has 0 atom stereocenters. The van der Waals surface area contributed by atoms with Crippen LogP contribution in [-0.4, -0.2) is 20.9 Å². The third-order valence-corrected chi connectivity index (χ3v) is 6.13. The molecule has 0 radical (unpaired) electrons. The van der Waals surface area contributed by atoms with Crippen LogP contribution in [0, 0.1) is 11.7 Å². The van der Waals surface area contributed by atoms with E-state index < -0.39 is 10.0 Å². The summed E-state index contributed by atoms with van der Waals surface area (Å²) in [5.41, 5.74) is 2.20. The molecule has 5 nitrogen and oxygen atoms in total. The van der Waals surface area contributed by atoms with Crippen molar-refractivity contribution in [2.45, 2.75) is 25.2 Å². The lowest BCUT2D eigenvalue weighted by atomic mass is 10.1. The molecule has 0 saturated carbocycles. The maximum Gasteiger partial charge on any atom is 0.261 e.